The van der Waals surface area contributed by atoms with E-state index in [2.05, 4.69) is 9.88 Å². The highest BCUT2D eigenvalue weighted by atomic mass is 19.4. The highest BCUT2D eigenvalue weighted by Gasteiger charge is 2.33. The summed E-state index contributed by atoms with van der Waals surface area (Å²) >= 11 is 0. The first kappa shape index (κ1) is 18.7. The van der Waals surface area contributed by atoms with Gasteiger partial charge < -0.3 is 9.64 Å². The molecule has 0 atom stereocenters. The maximum Gasteiger partial charge on any atom is 0.416 e. The van der Waals surface area contributed by atoms with Crippen LogP contribution in [0.4, 0.5) is 19.0 Å². The van der Waals surface area contributed by atoms with Crippen LogP contribution < -0.4 is 4.90 Å². The Hall–Kier alpha value is -2.61. The second kappa shape index (κ2) is 7.09. The number of nitrogens with zero attached hydrogens (tertiary/aromatic N) is 4. The minimum atomic E-state index is -4.36. The van der Waals surface area contributed by atoms with Gasteiger partial charge in [-0.3, -0.25) is 0 Å². The van der Waals surface area contributed by atoms with Crippen LogP contribution in [0.25, 0.3) is 5.65 Å². The van der Waals surface area contributed by atoms with Crippen molar-refractivity contribution in [3.63, 3.8) is 0 Å². The maximum atomic E-state index is 13.3. The number of aryl methyl sites for hydroxylation is 1. The smallest absolute Gasteiger partial charge is 0.378 e. The Morgan fingerprint density at radius 2 is 1.82 bits per heavy atom. The van der Waals surface area contributed by atoms with Gasteiger partial charge in [0.1, 0.15) is 5.82 Å². The van der Waals surface area contributed by atoms with Gasteiger partial charge in [-0.25, -0.2) is 9.50 Å². The lowest BCUT2D eigenvalue weighted by atomic mass is 9.98. The second-order valence-electron chi connectivity index (χ2n) is 6.97. The molecule has 2 aromatic heterocycles. The van der Waals surface area contributed by atoms with E-state index in [-0.39, 0.29) is 5.56 Å². The first-order valence-electron chi connectivity index (χ1n) is 9.18. The van der Waals surface area contributed by atoms with Gasteiger partial charge in [-0.2, -0.15) is 13.2 Å². The van der Waals surface area contributed by atoms with Crippen LogP contribution in [-0.4, -0.2) is 40.9 Å². The van der Waals surface area contributed by atoms with Gasteiger partial charge in [0, 0.05) is 19.5 Å². The van der Waals surface area contributed by atoms with Crippen molar-refractivity contribution in [2.45, 2.75) is 26.4 Å². The summed E-state index contributed by atoms with van der Waals surface area (Å²) in [7, 11) is 0. The number of anilines is 1. The van der Waals surface area contributed by atoms with E-state index in [1.54, 1.807) is 10.6 Å². The van der Waals surface area contributed by atoms with Crippen molar-refractivity contribution >= 4 is 11.5 Å². The third-order valence-electron chi connectivity index (χ3n) is 5.20. The number of ether oxygens (including phenoxy) is 1. The van der Waals surface area contributed by atoms with Crippen LogP contribution in [0.15, 0.2) is 30.3 Å². The average Bonchev–Trinajstić information content (AvgIpc) is 2.98. The molecule has 1 fully saturated rings. The molecule has 0 spiro atoms. The predicted molar refractivity (Wildman–Crippen MR) is 99.7 cm³/mol. The Balaban J connectivity index is 1.74. The number of halogens is 3. The number of hydrogen-bond donors (Lipinski definition) is 0. The summed E-state index contributed by atoms with van der Waals surface area (Å²) < 4.78 is 46.9. The molecule has 4 rings (SSSR count). The predicted octanol–water partition coefficient (Wildman–Crippen LogP) is 3.79. The van der Waals surface area contributed by atoms with Crippen molar-refractivity contribution < 1.29 is 17.9 Å². The number of alkyl halides is 3. The van der Waals surface area contributed by atoms with Gasteiger partial charge in [-0.05, 0) is 43.2 Å². The van der Waals surface area contributed by atoms with E-state index in [0.717, 1.165) is 36.4 Å². The molecule has 148 valence electrons. The summed E-state index contributed by atoms with van der Waals surface area (Å²) in [6, 6.07) is 8.13. The minimum Gasteiger partial charge on any atom is -0.378 e. The largest absolute Gasteiger partial charge is 0.416 e. The molecule has 0 aliphatic carbocycles. The van der Waals surface area contributed by atoms with Crippen LogP contribution in [0, 0.1) is 13.8 Å². The van der Waals surface area contributed by atoms with Gasteiger partial charge in [0.05, 0.1) is 30.2 Å². The zero-order valence-electron chi connectivity index (χ0n) is 15.8. The van der Waals surface area contributed by atoms with E-state index in [9.17, 15) is 13.2 Å². The monoisotopic (exact) mass is 390 g/mol. The van der Waals surface area contributed by atoms with Crippen molar-refractivity contribution in [3.8, 4) is 0 Å². The molecule has 0 amide bonds. The van der Waals surface area contributed by atoms with Gasteiger partial charge in [0.15, 0.2) is 5.65 Å². The number of hydrogen-bond acceptors (Lipinski definition) is 4. The van der Waals surface area contributed by atoms with Crippen LogP contribution >= 0.6 is 0 Å². The quantitative estimate of drug-likeness (QED) is 0.683. The van der Waals surface area contributed by atoms with Gasteiger partial charge in [-0.1, -0.05) is 12.1 Å². The Morgan fingerprint density at radius 3 is 2.54 bits per heavy atom. The Labute approximate surface area is 160 Å². The fourth-order valence-electron chi connectivity index (χ4n) is 3.61. The van der Waals surface area contributed by atoms with Crippen molar-refractivity contribution in [3.05, 3.63) is 58.4 Å². The first-order valence-corrected chi connectivity index (χ1v) is 9.18. The highest BCUT2D eigenvalue weighted by molar-refractivity contribution is 5.50. The summed E-state index contributed by atoms with van der Waals surface area (Å²) in [5.41, 5.74) is 2.52. The van der Waals surface area contributed by atoms with Crippen LogP contribution in [0.2, 0.25) is 0 Å². The molecule has 28 heavy (non-hydrogen) atoms. The highest BCUT2D eigenvalue weighted by Crippen LogP contribution is 2.33. The molecule has 0 bridgehead atoms. The van der Waals surface area contributed by atoms with Gasteiger partial charge in [-0.15, -0.1) is 5.10 Å². The lowest BCUT2D eigenvalue weighted by Crippen LogP contribution is -2.37. The molecule has 0 radical (unpaired) electrons. The van der Waals surface area contributed by atoms with Crippen molar-refractivity contribution in [1.82, 2.24) is 14.6 Å². The molecule has 1 saturated heterocycles. The lowest BCUT2D eigenvalue weighted by molar-refractivity contribution is -0.138. The van der Waals surface area contributed by atoms with E-state index in [1.807, 2.05) is 19.1 Å². The summed E-state index contributed by atoms with van der Waals surface area (Å²) in [4.78, 5) is 6.67. The number of fused-ring (bicyclic) bond motifs is 1. The van der Waals surface area contributed by atoms with Gasteiger partial charge in [0.2, 0.25) is 0 Å². The normalized spacial score (nSPS) is 15.4. The summed E-state index contributed by atoms with van der Waals surface area (Å²) in [5.74, 6) is 0.815. The minimum absolute atomic E-state index is 0.244. The third kappa shape index (κ3) is 3.44. The molecule has 1 aromatic carbocycles. The molecule has 8 heteroatoms. The van der Waals surface area contributed by atoms with E-state index in [4.69, 9.17) is 9.84 Å². The van der Waals surface area contributed by atoms with Crippen molar-refractivity contribution in [2.24, 2.45) is 0 Å². The van der Waals surface area contributed by atoms with Crippen LogP contribution in [0.3, 0.4) is 0 Å². The third-order valence-corrected chi connectivity index (χ3v) is 5.20. The lowest BCUT2D eigenvalue weighted by Gasteiger charge is -2.27. The molecule has 5 nitrogen and oxygen atoms in total. The fraction of sp³-hybridized carbons (Fsp3) is 0.400. The van der Waals surface area contributed by atoms with E-state index in [0.29, 0.717) is 30.8 Å². The van der Waals surface area contributed by atoms with E-state index < -0.39 is 11.7 Å². The summed E-state index contributed by atoms with van der Waals surface area (Å²) in [6.07, 6.45) is -4.03. The standard InChI is InChI=1S/C20H21F3N4O/c1-13-15(4-3-5-16(13)20(21,22)23)12-17-14(2)24-18-6-7-19(25-27(17)18)26-8-10-28-11-9-26/h3-7H,8-12H2,1-2H3. The van der Waals surface area contributed by atoms with Crippen LogP contribution in [0.5, 0.6) is 0 Å². The van der Waals surface area contributed by atoms with Crippen LogP contribution in [-0.2, 0) is 17.3 Å². The number of morpholine rings is 1. The average molecular weight is 390 g/mol. The first-order chi connectivity index (χ1) is 13.3. The molecular weight excluding hydrogens is 369 g/mol. The van der Waals surface area contributed by atoms with Crippen molar-refractivity contribution in [2.75, 3.05) is 31.2 Å². The zero-order chi connectivity index (χ0) is 19.9. The molecule has 0 N–H and O–H groups in total. The summed E-state index contributed by atoms with van der Waals surface area (Å²) in [5, 5.41) is 4.72. The number of benzene rings is 1. The van der Waals surface area contributed by atoms with E-state index >= 15 is 0 Å². The Kier molecular flexibility index (Phi) is 4.74. The molecule has 0 unspecified atom stereocenters. The van der Waals surface area contributed by atoms with Gasteiger partial charge >= 0.3 is 6.18 Å². The zero-order valence-corrected chi connectivity index (χ0v) is 15.8. The molecule has 1 aliphatic rings. The number of imidazole rings is 1. The summed E-state index contributed by atoms with van der Waals surface area (Å²) in [6.45, 7) is 6.20. The maximum absolute atomic E-state index is 13.3. The fourth-order valence-corrected chi connectivity index (χ4v) is 3.61. The number of rotatable bonds is 3. The van der Waals surface area contributed by atoms with E-state index in [1.165, 1.54) is 13.0 Å². The van der Waals surface area contributed by atoms with Crippen molar-refractivity contribution in [1.29, 1.82) is 0 Å². The molecule has 3 aromatic rings. The molecule has 1 aliphatic heterocycles. The Morgan fingerprint density at radius 1 is 1.07 bits per heavy atom. The SMILES string of the molecule is Cc1nc2ccc(N3CCOCC3)nn2c1Cc1cccc(C(F)(F)F)c1C. The number of aromatic nitrogens is 3. The molecule has 0 saturated carbocycles. The topological polar surface area (TPSA) is 42.7 Å². The molecular formula is C20H21F3N4O. The van der Waals surface area contributed by atoms with Gasteiger partial charge in [0.25, 0.3) is 0 Å². The second-order valence-corrected chi connectivity index (χ2v) is 6.97. The molecule has 3 heterocycles. The van der Waals surface area contributed by atoms with Crippen LogP contribution in [0.1, 0.15) is 28.1 Å². The Bertz CT molecular complexity index is 1010.